The third-order valence-corrected chi connectivity index (χ3v) is 6.06. The molecule has 1 atom stereocenters. The first-order valence-corrected chi connectivity index (χ1v) is 11.9. The molecule has 0 saturated heterocycles. The number of carbonyl (C=O) groups is 1. The van der Waals surface area contributed by atoms with Crippen molar-refractivity contribution >= 4 is 11.5 Å². The zero-order valence-electron chi connectivity index (χ0n) is 21.1. The maximum Gasteiger partial charge on any atom is 0.338 e. The maximum atomic E-state index is 13.3. The number of hydrogen-bond acceptors (Lipinski definition) is 5. The van der Waals surface area contributed by atoms with Gasteiger partial charge in [0, 0.05) is 11.1 Å². The molecule has 1 heterocycles. The summed E-state index contributed by atoms with van der Waals surface area (Å²) in [4.78, 5) is 13.3. The Morgan fingerprint density at radius 3 is 2.09 bits per heavy atom. The van der Waals surface area contributed by atoms with Gasteiger partial charge in [0.05, 0.1) is 25.9 Å². The molecular weight excluding hydrogens is 440 g/mol. The Kier molecular flexibility index (Phi) is 7.15. The lowest BCUT2D eigenvalue weighted by molar-refractivity contribution is -0.137. The van der Waals surface area contributed by atoms with E-state index < -0.39 is 12.1 Å². The van der Waals surface area contributed by atoms with E-state index in [2.05, 4.69) is 26.0 Å². The molecule has 0 fully saturated rings. The predicted molar refractivity (Wildman–Crippen MR) is 137 cm³/mol. The lowest BCUT2D eigenvalue weighted by atomic mass is 9.85. The van der Waals surface area contributed by atoms with Crippen molar-refractivity contribution in [2.45, 2.75) is 45.8 Å². The fourth-order valence-electron chi connectivity index (χ4n) is 4.29. The summed E-state index contributed by atoms with van der Waals surface area (Å²) < 4.78 is 23.1. The van der Waals surface area contributed by atoms with E-state index in [9.17, 15) is 4.79 Å². The van der Waals surface area contributed by atoms with Gasteiger partial charge < -0.3 is 18.9 Å². The van der Waals surface area contributed by atoms with Crippen LogP contribution in [0.1, 0.15) is 62.0 Å². The molecule has 182 valence electrons. The van der Waals surface area contributed by atoms with Crippen LogP contribution in [0.2, 0.25) is 0 Å². The molecule has 5 nitrogen and oxygen atoms in total. The van der Waals surface area contributed by atoms with Crippen molar-refractivity contribution in [3.05, 3.63) is 94.6 Å². The number of esters is 1. The third-order valence-electron chi connectivity index (χ3n) is 6.06. The summed E-state index contributed by atoms with van der Waals surface area (Å²) in [5, 5.41) is 0. The van der Waals surface area contributed by atoms with Crippen LogP contribution in [-0.2, 0) is 9.53 Å². The topological polar surface area (TPSA) is 54.0 Å². The Hall–Kier alpha value is -3.73. The van der Waals surface area contributed by atoms with Crippen LogP contribution in [0.15, 0.2) is 72.3 Å². The van der Waals surface area contributed by atoms with Crippen LogP contribution in [0, 0.1) is 0 Å². The van der Waals surface area contributed by atoms with Gasteiger partial charge in [-0.05, 0) is 66.8 Å². The van der Waals surface area contributed by atoms with Crippen molar-refractivity contribution in [3.8, 4) is 17.2 Å². The van der Waals surface area contributed by atoms with Crippen molar-refractivity contribution in [2.24, 2.45) is 0 Å². The Balaban J connectivity index is 1.95. The molecule has 0 aliphatic carbocycles. The molecule has 3 aromatic carbocycles. The quantitative estimate of drug-likeness (QED) is 0.358. The highest BCUT2D eigenvalue weighted by atomic mass is 16.5. The van der Waals surface area contributed by atoms with Crippen LogP contribution in [0.3, 0.4) is 0 Å². The van der Waals surface area contributed by atoms with Crippen molar-refractivity contribution < 1.29 is 23.7 Å². The minimum Gasteiger partial charge on any atom is -0.497 e. The Bertz CT molecular complexity index is 1220. The first-order valence-electron chi connectivity index (χ1n) is 11.9. The van der Waals surface area contributed by atoms with Gasteiger partial charge in [-0.15, -0.1) is 0 Å². The molecule has 0 spiro atoms. The van der Waals surface area contributed by atoms with Gasteiger partial charge in [-0.2, -0.15) is 0 Å². The molecule has 0 saturated carbocycles. The van der Waals surface area contributed by atoms with Crippen LogP contribution in [0.25, 0.3) is 5.57 Å². The fraction of sp³-hybridized carbons (Fsp3) is 0.300. The highest BCUT2D eigenvalue weighted by Crippen LogP contribution is 2.47. The smallest absolute Gasteiger partial charge is 0.338 e. The molecule has 3 aromatic rings. The summed E-state index contributed by atoms with van der Waals surface area (Å²) in [6, 6.07) is 21.6. The van der Waals surface area contributed by atoms with Crippen molar-refractivity contribution in [2.75, 3.05) is 14.2 Å². The molecule has 5 heteroatoms. The van der Waals surface area contributed by atoms with Gasteiger partial charge in [0.15, 0.2) is 6.10 Å². The van der Waals surface area contributed by atoms with Gasteiger partial charge in [-0.1, -0.05) is 50.2 Å². The van der Waals surface area contributed by atoms with E-state index in [4.69, 9.17) is 18.9 Å². The van der Waals surface area contributed by atoms with Crippen LogP contribution in [0.4, 0.5) is 0 Å². The summed E-state index contributed by atoms with van der Waals surface area (Å²) in [5.74, 6) is 2.09. The number of fused-ring (bicyclic) bond motifs is 1. The first kappa shape index (κ1) is 24.4. The summed E-state index contributed by atoms with van der Waals surface area (Å²) >= 11 is 0. The lowest BCUT2D eigenvalue weighted by Gasteiger charge is -2.31. The van der Waals surface area contributed by atoms with E-state index in [0.717, 1.165) is 28.0 Å². The second-order valence-electron chi connectivity index (χ2n) is 9.15. The highest BCUT2D eigenvalue weighted by molar-refractivity contribution is 6.04. The van der Waals surface area contributed by atoms with E-state index in [1.54, 1.807) is 7.11 Å². The molecule has 35 heavy (non-hydrogen) atoms. The fourth-order valence-corrected chi connectivity index (χ4v) is 4.29. The van der Waals surface area contributed by atoms with E-state index >= 15 is 0 Å². The third kappa shape index (κ3) is 5.04. The molecule has 1 aliphatic rings. The van der Waals surface area contributed by atoms with E-state index in [0.29, 0.717) is 23.0 Å². The Morgan fingerprint density at radius 1 is 0.857 bits per heavy atom. The average Bonchev–Trinajstić information content (AvgIpc) is 2.87. The van der Waals surface area contributed by atoms with Gasteiger partial charge in [0.2, 0.25) is 0 Å². The van der Waals surface area contributed by atoms with Crippen molar-refractivity contribution in [1.82, 2.24) is 0 Å². The molecule has 0 radical (unpaired) electrons. The van der Waals surface area contributed by atoms with Crippen LogP contribution in [0.5, 0.6) is 17.2 Å². The number of carbonyl (C=O) groups excluding carboxylic acids is 1. The molecule has 0 N–H and O–H groups in total. The number of methoxy groups -OCH3 is 2. The van der Waals surface area contributed by atoms with Gasteiger partial charge >= 0.3 is 5.97 Å². The van der Waals surface area contributed by atoms with Crippen LogP contribution < -0.4 is 14.2 Å². The van der Waals surface area contributed by atoms with E-state index in [1.807, 2.05) is 68.4 Å². The van der Waals surface area contributed by atoms with Crippen molar-refractivity contribution in [1.29, 1.82) is 0 Å². The molecule has 0 aromatic heterocycles. The molecule has 1 aliphatic heterocycles. The van der Waals surface area contributed by atoms with Gasteiger partial charge in [-0.25, -0.2) is 4.79 Å². The summed E-state index contributed by atoms with van der Waals surface area (Å²) in [7, 11) is 3.03. The first-order chi connectivity index (χ1) is 16.8. The van der Waals surface area contributed by atoms with E-state index in [1.165, 1.54) is 12.7 Å². The second-order valence-corrected chi connectivity index (χ2v) is 9.15. The van der Waals surface area contributed by atoms with Crippen LogP contribution in [-0.4, -0.2) is 26.3 Å². The largest absolute Gasteiger partial charge is 0.497 e. The Labute approximate surface area is 207 Å². The summed E-state index contributed by atoms with van der Waals surface area (Å²) in [5.41, 5.74) is 4.95. The average molecular weight is 473 g/mol. The van der Waals surface area contributed by atoms with Gasteiger partial charge in [-0.3, -0.25) is 0 Å². The second kappa shape index (κ2) is 10.3. The number of ether oxygens (including phenoxy) is 4. The SMILES string of the molecule is COC(=O)C1=C(c2ccc(OC)cc2)c2cc(OC(C)C)ccc2OC1c1ccc(C(C)C)cc1. The van der Waals surface area contributed by atoms with Crippen LogP contribution >= 0.6 is 0 Å². The summed E-state index contributed by atoms with van der Waals surface area (Å²) in [6.07, 6.45) is -0.608. The zero-order chi connectivity index (χ0) is 25.1. The van der Waals surface area contributed by atoms with Gasteiger partial charge in [0.25, 0.3) is 0 Å². The molecular formula is C30H32O5. The van der Waals surface area contributed by atoms with Gasteiger partial charge in [0.1, 0.15) is 17.2 Å². The number of hydrogen-bond donors (Lipinski definition) is 0. The minimum atomic E-state index is -0.620. The molecule has 1 unspecified atom stereocenters. The normalized spacial score (nSPS) is 15.0. The number of rotatable bonds is 7. The molecule has 0 bridgehead atoms. The summed E-state index contributed by atoms with van der Waals surface area (Å²) in [6.45, 7) is 8.27. The molecule has 0 amide bonds. The Morgan fingerprint density at radius 2 is 1.51 bits per heavy atom. The lowest BCUT2D eigenvalue weighted by Crippen LogP contribution is -2.24. The zero-order valence-corrected chi connectivity index (χ0v) is 21.1. The maximum absolute atomic E-state index is 13.3. The number of benzene rings is 3. The highest BCUT2D eigenvalue weighted by Gasteiger charge is 2.36. The van der Waals surface area contributed by atoms with Crippen molar-refractivity contribution in [3.63, 3.8) is 0 Å². The minimum absolute atomic E-state index is 0.0123. The predicted octanol–water partition coefficient (Wildman–Crippen LogP) is 6.71. The van der Waals surface area contributed by atoms with E-state index in [-0.39, 0.29) is 6.10 Å². The monoisotopic (exact) mass is 472 g/mol. The standard InChI is InChI=1S/C30H32O5/c1-18(2)20-7-9-22(10-8-20)29-28(30(31)33-6)27(21-11-13-23(32-5)14-12-21)25-17-24(34-19(3)4)15-16-26(25)35-29/h7-19,29H,1-6H3. The molecule has 4 rings (SSSR count).